The molecule has 2 atom stereocenters. The van der Waals surface area contributed by atoms with Crippen molar-refractivity contribution in [1.82, 2.24) is 0 Å². The average molecular weight is 218 g/mol. The van der Waals surface area contributed by atoms with Crippen LogP contribution < -0.4 is 0 Å². The fraction of sp³-hybridized carbons (Fsp3) is 0.667. The summed E-state index contributed by atoms with van der Waals surface area (Å²) in [5, 5.41) is 0. The van der Waals surface area contributed by atoms with Crippen LogP contribution in [-0.2, 0) is 13.9 Å². The summed E-state index contributed by atoms with van der Waals surface area (Å²) in [4.78, 5) is 19.6. The van der Waals surface area contributed by atoms with Crippen LogP contribution in [0.25, 0.3) is 0 Å². The molecule has 0 aromatic rings. The van der Waals surface area contributed by atoms with Crippen molar-refractivity contribution >= 4 is 14.0 Å². The Morgan fingerprint density at radius 2 is 2.21 bits per heavy atom. The number of hydrogen-bond acceptors (Lipinski definition) is 3. The first-order chi connectivity index (χ1) is 6.57. The predicted octanol–water partition coefficient (Wildman–Crippen LogP) is 1.39. The zero-order valence-corrected chi connectivity index (χ0v) is 9.37. The van der Waals surface area contributed by atoms with Crippen LogP contribution >= 0.6 is 8.25 Å². The standard InChI is InChI=1S/C9H15O4P/c1-3-4-5-6-8(2)9(10)7-13-14(11)12/h8,14H,3,6-7H2,1-2H3,(H,11,12)/t8-/m0/s1. The third-order valence-electron chi connectivity index (χ3n) is 1.60. The Labute approximate surface area is 84.6 Å². The van der Waals surface area contributed by atoms with Crippen molar-refractivity contribution in [3.63, 3.8) is 0 Å². The predicted molar refractivity (Wildman–Crippen MR) is 54.0 cm³/mol. The highest BCUT2D eigenvalue weighted by atomic mass is 31.1. The van der Waals surface area contributed by atoms with Crippen LogP contribution in [0.15, 0.2) is 0 Å². The molecule has 0 amide bonds. The third kappa shape index (κ3) is 6.85. The zero-order chi connectivity index (χ0) is 11.0. The molecule has 1 unspecified atom stereocenters. The van der Waals surface area contributed by atoms with Crippen LogP contribution in [0.2, 0.25) is 0 Å². The smallest absolute Gasteiger partial charge is 0.317 e. The van der Waals surface area contributed by atoms with E-state index in [4.69, 9.17) is 4.89 Å². The van der Waals surface area contributed by atoms with E-state index in [9.17, 15) is 9.36 Å². The first-order valence-electron chi connectivity index (χ1n) is 4.42. The van der Waals surface area contributed by atoms with Gasteiger partial charge in [0.25, 0.3) is 0 Å². The lowest BCUT2D eigenvalue weighted by Crippen LogP contribution is -2.15. The number of ketones is 1. The SMILES string of the molecule is CCC#CC[C@H](C)C(=O)CO[PH](=O)O. The Morgan fingerprint density at radius 3 is 2.71 bits per heavy atom. The van der Waals surface area contributed by atoms with Crippen LogP contribution in [0.4, 0.5) is 0 Å². The van der Waals surface area contributed by atoms with E-state index in [1.807, 2.05) is 6.92 Å². The van der Waals surface area contributed by atoms with Crippen LogP contribution in [0.1, 0.15) is 26.7 Å². The largest absolute Gasteiger partial charge is 0.326 e. The summed E-state index contributed by atoms with van der Waals surface area (Å²) in [7, 11) is -2.99. The summed E-state index contributed by atoms with van der Waals surface area (Å²) in [6, 6.07) is 0. The lowest BCUT2D eigenvalue weighted by atomic mass is 10.0. The molecule has 5 heteroatoms. The van der Waals surface area contributed by atoms with E-state index in [0.29, 0.717) is 6.42 Å². The number of Topliss-reactive ketones (excluding diaryl/α,β-unsaturated/α-hetero) is 1. The Hall–Kier alpha value is -0.620. The summed E-state index contributed by atoms with van der Waals surface area (Å²) in [5.74, 6) is 5.26. The van der Waals surface area contributed by atoms with E-state index in [1.54, 1.807) is 6.92 Å². The number of carbonyl (C=O) groups excluding carboxylic acids is 1. The van der Waals surface area contributed by atoms with Gasteiger partial charge in [-0.2, -0.15) is 0 Å². The molecule has 0 aliphatic carbocycles. The molecule has 0 heterocycles. The molecule has 0 rings (SSSR count). The van der Waals surface area contributed by atoms with Gasteiger partial charge in [0.15, 0.2) is 5.78 Å². The van der Waals surface area contributed by atoms with E-state index >= 15 is 0 Å². The van der Waals surface area contributed by atoms with Crippen LogP contribution in [0, 0.1) is 17.8 Å². The van der Waals surface area contributed by atoms with E-state index in [-0.39, 0.29) is 18.3 Å². The molecule has 0 aliphatic rings. The molecule has 0 aromatic heterocycles. The molecule has 14 heavy (non-hydrogen) atoms. The Bertz CT molecular complexity index is 264. The van der Waals surface area contributed by atoms with Gasteiger partial charge < -0.3 is 9.42 Å². The second-order valence-electron chi connectivity index (χ2n) is 2.83. The van der Waals surface area contributed by atoms with E-state index < -0.39 is 8.25 Å². The van der Waals surface area contributed by atoms with Gasteiger partial charge in [-0.3, -0.25) is 9.36 Å². The van der Waals surface area contributed by atoms with Gasteiger partial charge in [0.05, 0.1) is 0 Å². The van der Waals surface area contributed by atoms with Crippen molar-refractivity contribution in [2.24, 2.45) is 5.92 Å². The molecule has 0 aliphatic heterocycles. The molecule has 0 saturated heterocycles. The molecule has 0 fully saturated rings. The van der Waals surface area contributed by atoms with E-state index in [0.717, 1.165) is 6.42 Å². The van der Waals surface area contributed by atoms with Crippen molar-refractivity contribution in [3.05, 3.63) is 0 Å². The summed E-state index contributed by atoms with van der Waals surface area (Å²) >= 11 is 0. The number of rotatable bonds is 5. The Balaban J connectivity index is 3.81. The van der Waals surface area contributed by atoms with Gasteiger partial charge in [0.1, 0.15) is 6.61 Å². The van der Waals surface area contributed by atoms with Gasteiger partial charge in [-0.1, -0.05) is 13.8 Å². The number of hydrogen-bond donors (Lipinski definition) is 1. The van der Waals surface area contributed by atoms with E-state index in [2.05, 4.69) is 16.4 Å². The lowest BCUT2D eigenvalue weighted by Gasteiger charge is -2.05. The maximum Gasteiger partial charge on any atom is 0.317 e. The fourth-order valence-corrected chi connectivity index (χ4v) is 1.00. The van der Waals surface area contributed by atoms with E-state index in [1.165, 1.54) is 0 Å². The molecule has 4 nitrogen and oxygen atoms in total. The quantitative estimate of drug-likeness (QED) is 0.559. The highest BCUT2D eigenvalue weighted by molar-refractivity contribution is 7.32. The molecule has 1 N–H and O–H groups in total. The molecular weight excluding hydrogens is 203 g/mol. The van der Waals surface area contributed by atoms with Crippen LogP contribution in [0.3, 0.4) is 0 Å². The molecule has 0 saturated carbocycles. The van der Waals surface area contributed by atoms with Gasteiger partial charge in [0.2, 0.25) is 0 Å². The summed E-state index contributed by atoms with van der Waals surface area (Å²) in [6.45, 7) is 3.36. The second-order valence-corrected chi connectivity index (χ2v) is 3.65. The highest BCUT2D eigenvalue weighted by Crippen LogP contribution is 2.15. The summed E-state index contributed by atoms with van der Waals surface area (Å²) < 4.78 is 14.5. The maximum atomic E-state index is 11.2. The lowest BCUT2D eigenvalue weighted by molar-refractivity contribution is -0.124. The van der Waals surface area contributed by atoms with Gasteiger partial charge in [-0.25, -0.2) is 0 Å². The first kappa shape index (κ1) is 13.4. The number of carbonyl (C=O) groups is 1. The summed E-state index contributed by atoms with van der Waals surface area (Å²) in [5.41, 5.74) is 0. The van der Waals surface area contributed by atoms with Crippen LogP contribution in [0.5, 0.6) is 0 Å². The van der Waals surface area contributed by atoms with Crippen molar-refractivity contribution < 1.29 is 18.8 Å². The van der Waals surface area contributed by atoms with Gasteiger partial charge in [-0.15, -0.1) is 11.8 Å². The third-order valence-corrected chi connectivity index (χ3v) is 1.99. The molecule has 80 valence electrons. The minimum atomic E-state index is -2.99. The molecular formula is C9H15O4P. The highest BCUT2D eigenvalue weighted by Gasteiger charge is 2.12. The van der Waals surface area contributed by atoms with Gasteiger partial charge in [0, 0.05) is 18.8 Å². The fourth-order valence-electron chi connectivity index (χ4n) is 0.739. The van der Waals surface area contributed by atoms with Crippen molar-refractivity contribution in [2.75, 3.05) is 6.61 Å². The summed E-state index contributed by atoms with van der Waals surface area (Å²) in [6.07, 6.45) is 1.24. The molecule has 0 aromatic carbocycles. The van der Waals surface area contributed by atoms with Crippen molar-refractivity contribution in [2.45, 2.75) is 26.7 Å². The van der Waals surface area contributed by atoms with Crippen molar-refractivity contribution in [1.29, 1.82) is 0 Å². The topological polar surface area (TPSA) is 63.6 Å². The normalized spacial score (nSPS) is 13.9. The second kappa shape index (κ2) is 7.75. The molecule has 0 bridgehead atoms. The zero-order valence-electron chi connectivity index (χ0n) is 8.37. The van der Waals surface area contributed by atoms with Gasteiger partial charge >= 0.3 is 8.25 Å². The van der Waals surface area contributed by atoms with Crippen molar-refractivity contribution in [3.8, 4) is 11.8 Å². The van der Waals surface area contributed by atoms with Gasteiger partial charge in [-0.05, 0) is 0 Å². The maximum absolute atomic E-state index is 11.2. The average Bonchev–Trinajstić information content (AvgIpc) is 2.14. The minimum Gasteiger partial charge on any atom is -0.326 e. The first-order valence-corrected chi connectivity index (χ1v) is 5.68. The Morgan fingerprint density at radius 1 is 1.57 bits per heavy atom. The monoisotopic (exact) mass is 218 g/mol. The molecule has 0 spiro atoms. The molecule has 0 radical (unpaired) electrons. The van der Waals surface area contributed by atoms with Crippen LogP contribution in [-0.4, -0.2) is 17.3 Å². The Kier molecular flexibility index (Phi) is 7.41. The minimum absolute atomic E-state index is 0.192.